The summed E-state index contributed by atoms with van der Waals surface area (Å²) in [7, 11) is 0. The van der Waals surface area contributed by atoms with Crippen molar-refractivity contribution in [2.45, 2.75) is 19.3 Å². The molecule has 0 unspecified atom stereocenters. The molecule has 10 aromatic rings. The van der Waals surface area contributed by atoms with Gasteiger partial charge in [-0.25, -0.2) is 0 Å². The van der Waals surface area contributed by atoms with Crippen molar-refractivity contribution in [3.05, 3.63) is 187 Å². The number of benzene rings is 9. The van der Waals surface area contributed by atoms with Crippen molar-refractivity contribution in [3.63, 3.8) is 0 Å². The van der Waals surface area contributed by atoms with E-state index in [1.165, 1.54) is 104 Å². The standard InChI is InChI=1S/C51H35N/c1-51(2)47-20-9-7-18-42(47)43-26-23-34(30-48(43)51)32-12-11-13-36(28-32)52-49-21-10-8-19-44(49)45-27-24-35(31-50(45)52)33-22-25-41-39-16-4-3-14-37(39)38-15-5-6-17-40(38)46(41)29-33/h3-31H,1-2H3. The van der Waals surface area contributed by atoms with Crippen LogP contribution in [0.1, 0.15) is 25.0 Å². The van der Waals surface area contributed by atoms with Crippen LogP contribution in [0.4, 0.5) is 0 Å². The summed E-state index contributed by atoms with van der Waals surface area (Å²) in [5, 5.41) is 10.3. The molecule has 0 aliphatic heterocycles. The molecule has 0 atom stereocenters. The van der Waals surface area contributed by atoms with Gasteiger partial charge in [-0.15, -0.1) is 0 Å². The first-order valence-electron chi connectivity index (χ1n) is 18.3. The van der Waals surface area contributed by atoms with Crippen LogP contribution in [-0.4, -0.2) is 4.57 Å². The van der Waals surface area contributed by atoms with Gasteiger partial charge < -0.3 is 4.57 Å². The van der Waals surface area contributed by atoms with E-state index >= 15 is 0 Å². The zero-order valence-electron chi connectivity index (χ0n) is 29.2. The van der Waals surface area contributed by atoms with Crippen LogP contribution in [0, 0.1) is 0 Å². The predicted molar refractivity (Wildman–Crippen MR) is 222 cm³/mol. The number of fused-ring (bicyclic) bond motifs is 12. The number of nitrogens with zero attached hydrogens (tertiary/aromatic N) is 1. The lowest BCUT2D eigenvalue weighted by molar-refractivity contribution is 0.660. The third-order valence-corrected chi connectivity index (χ3v) is 11.8. The zero-order chi connectivity index (χ0) is 34.6. The first kappa shape index (κ1) is 29.3. The summed E-state index contributed by atoms with van der Waals surface area (Å²) in [6.07, 6.45) is 0. The maximum absolute atomic E-state index is 2.45. The molecule has 1 heteroatoms. The fourth-order valence-corrected chi connectivity index (χ4v) is 9.22. The summed E-state index contributed by atoms with van der Waals surface area (Å²) in [6, 6.07) is 65.4. The number of hydrogen-bond donors (Lipinski definition) is 0. The molecule has 0 fully saturated rings. The molecule has 1 heterocycles. The Hall–Kier alpha value is -6.44. The zero-order valence-corrected chi connectivity index (χ0v) is 29.2. The van der Waals surface area contributed by atoms with Gasteiger partial charge in [0.1, 0.15) is 0 Å². The van der Waals surface area contributed by atoms with Crippen LogP contribution in [0.2, 0.25) is 0 Å². The van der Waals surface area contributed by atoms with Gasteiger partial charge in [-0.3, -0.25) is 0 Å². The molecule has 52 heavy (non-hydrogen) atoms. The largest absolute Gasteiger partial charge is 0.309 e. The van der Waals surface area contributed by atoms with E-state index in [0.717, 1.165) is 0 Å². The fourth-order valence-electron chi connectivity index (χ4n) is 9.22. The third-order valence-electron chi connectivity index (χ3n) is 11.8. The SMILES string of the molecule is CC1(C)c2ccccc2-c2ccc(-c3cccc(-n4c5ccccc5c5ccc(-c6ccc7c8ccccc8c8ccccc8c7c6)cc54)c3)cc21. The minimum Gasteiger partial charge on any atom is -0.309 e. The van der Waals surface area contributed by atoms with E-state index in [4.69, 9.17) is 0 Å². The molecule has 1 aromatic heterocycles. The van der Waals surface area contributed by atoms with Crippen molar-refractivity contribution in [2.24, 2.45) is 0 Å². The molecule has 11 rings (SSSR count). The van der Waals surface area contributed by atoms with Crippen molar-refractivity contribution >= 4 is 54.1 Å². The second-order valence-corrected chi connectivity index (χ2v) is 14.9. The van der Waals surface area contributed by atoms with Gasteiger partial charge in [-0.1, -0.05) is 153 Å². The maximum Gasteiger partial charge on any atom is 0.0547 e. The van der Waals surface area contributed by atoms with Gasteiger partial charge in [0.2, 0.25) is 0 Å². The second kappa shape index (κ2) is 10.8. The highest BCUT2D eigenvalue weighted by molar-refractivity contribution is 6.25. The van der Waals surface area contributed by atoms with Crippen LogP contribution in [0.5, 0.6) is 0 Å². The van der Waals surface area contributed by atoms with Crippen LogP contribution in [0.3, 0.4) is 0 Å². The van der Waals surface area contributed by atoms with Crippen LogP contribution < -0.4 is 0 Å². The second-order valence-electron chi connectivity index (χ2n) is 14.9. The molecule has 244 valence electrons. The van der Waals surface area contributed by atoms with Gasteiger partial charge in [0.25, 0.3) is 0 Å². The number of rotatable bonds is 3. The Kier molecular flexibility index (Phi) is 6.08. The average molecular weight is 662 g/mol. The van der Waals surface area contributed by atoms with Crippen LogP contribution in [0.15, 0.2) is 176 Å². The molecule has 0 spiro atoms. The third kappa shape index (κ3) is 4.11. The highest BCUT2D eigenvalue weighted by Crippen LogP contribution is 2.49. The Morgan fingerprint density at radius 1 is 0.327 bits per heavy atom. The Balaban J connectivity index is 1.08. The molecular weight excluding hydrogens is 627 g/mol. The predicted octanol–water partition coefficient (Wildman–Crippen LogP) is 13.9. The molecule has 0 saturated carbocycles. The molecule has 1 nitrogen and oxygen atoms in total. The number of aromatic nitrogens is 1. The first-order chi connectivity index (χ1) is 25.5. The average Bonchev–Trinajstić information content (AvgIpc) is 3.65. The van der Waals surface area contributed by atoms with Gasteiger partial charge in [-0.2, -0.15) is 0 Å². The van der Waals surface area contributed by atoms with E-state index in [2.05, 4.69) is 194 Å². The van der Waals surface area contributed by atoms with Crippen LogP contribution in [0.25, 0.3) is 93.2 Å². The van der Waals surface area contributed by atoms with E-state index < -0.39 is 0 Å². The van der Waals surface area contributed by atoms with Crippen LogP contribution in [-0.2, 0) is 5.41 Å². The molecule has 9 aromatic carbocycles. The maximum atomic E-state index is 2.45. The van der Waals surface area contributed by atoms with Crippen molar-refractivity contribution in [1.82, 2.24) is 4.57 Å². The summed E-state index contributed by atoms with van der Waals surface area (Å²) < 4.78 is 2.45. The Morgan fingerprint density at radius 2 is 0.846 bits per heavy atom. The van der Waals surface area contributed by atoms with E-state index in [9.17, 15) is 0 Å². The fraction of sp³-hybridized carbons (Fsp3) is 0.0588. The number of hydrogen-bond acceptors (Lipinski definition) is 0. The quantitative estimate of drug-likeness (QED) is 0.166. The van der Waals surface area contributed by atoms with E-state index in [1.807, 2.05) is 0 Å². The Labute approximate surface area is 303 Å². The van der Waals surface area contributed by atoms with Gasteiger partial charge >= 0.3 is 0 Å². The molecule has 1 aliphatic carbocycles. The van der Waals surface area contributed by atoms with Crippen molar-refractivity contribution in [1.29, 1.82) is 0 Å². The van der Waals surface area contributed by atoms with E-state index in [-0.39, 0.29) is 5.41 Å². The molecule has 0 amide bonds. The Bertz CT molecular complexity index is 3060. The smallest absolute Gasteiger partial charge is 0.0547 e. The lowest BCUT2D eigenvalue weighted by Crippen LogP contribution is -2.14. The summed E-state index contributed by atoms with van der Waals surface area (Å²) in [4.78, 5) is 0. The summed E-state index contributed by atoms with van der Waals surface area (Å²) in [5.74, 6) is 0. The Morgan fingerprint density at radius 3 is 1.62 bits per heavy atom. The monoisotopic (exact) mass is 661 g/mol. The molecule has 0 N–H and O–H groups in total. The van der Waals surface area contributed by atoms with Gasteiger partial charge in [-0.05, 0) is 113 Å². The summed E-state index contributed by atoms with van der Waals surface area (Å²) in [5.41, 5.74) is 14.0. The lowest BCUT2D eigenvalue weighted by Gasteiger charge is -2.22. The summed E-state index contributed by atoms with van der Waals surface area (Å²) >= 11 is 0. The topological polar surface area (TPSA) is 4.93 Å². The lowest BCUT2D eigenvalue weighted by atomic mass is 9.81. The summed E-state index contributed by atoms with van der Waals surface area (Å²) in [6.45, 7) is 4.71. The van der Waals surface area contributed by atoms with Crippen molar-refractivity contribution < 1.29 is 0 Å². The molecule has 0 radical (unpaired) electrons. The van der Waals surface area contributed by atoms with Gasteiger partial charge in [0.15, 0.2) is 0 Å². The minimum atomic E-state index is -0.0368. The number of para-hydroxylation sites is 1. The van der Waals surface area contributed by atoms with Crippen LogP contribution >= 0.6 is 0 Å². The minimum absolute atomic E-state index is 0.0368. The highest BCUT2D eigenvalue weighted by Gasteiger charge is 2.35. The molecule has 1 aliphatic rings. The van der Waals surface area contributed by atoms with E-state index in [0.29, 0.717) is 0 Å². The van der Waals surface area contributed by atoms with Gasteiger partial charge in [0.05, 0.1) is 11.0 Å². The highest BCUT2D eigenvalue weighted by atomic mass is 15.0. The van der Waals surface area contributed by atoms with Gasteiger partial charge in [0, 0.05) is 21.9 Å². The normalized spacial score (nSPS) is 13.3. The first-order valence-corrected chi connectivity index (χ1v) is 18.3. The molecule has 0 bridgehead atoms. The van der Waals surface area contributed by atoms with Crippen molar-refractivity contribution in [2.75, 3.05) is 0 Å². The molecular formula is C51H35N. The van der Waals surface area contributed by atoms with Crippen molar-refractivity contribution in [3.8, 4) is 39.1 Å². The molecule has 0 saturated heterocycles. The van der Waals surface area contributed by atoms with E-state index in [1.54, 1.807) is 0 Å².